The molecule has 1 aromatic rings. The second kappa shape index (κ2) is 6.28. The molecular formula is C14H22N2O2. The lowest BCUT2D eigenvalue weighted by Gasteiger charge is -2.18. The molecule has 1 aromatic carbocycles. The molecule has 0 aromatic heterocycles. The molecule has 0 saturated carbocycles. The SMILES string of the molecule is CC(C)CCC(C)Nc1ccc(N)cc1C(=O)O. The smallest absolute Gasteiger partial charge is 0.337 e. The van der Waals surface area contributed by atoms with Crippen LogP contribution in [0.4, 0.5) is 11.4 Å². The number of hydrogen-bond donors (Lipinski definition) is 3. The summed E-state index contributed by atoms with van der Waals surface area (Å²) in [5.74, 6) is -0.305. The highest BCUT2D eigenvalue weighted by atomic mass is 16.4. The number of rotatable bonds is 6. The number of benzene rings is 1. The van der Waals surface area contributed by atoms with E-state index >= 15 is 0 Å². The van der Waals surface area contributed by atoms with Crippen molar-refractivity contribution in [3.05, 3.63) is 23.8 Å². The van der Waals surface area contributed by atoms with Gasteiger partial charge < -0.3 is 16.2 Å². The fraction of sp³-hybridized carbons (Fsp3) is 0.500. The Balaban J connectivity index is 2.74. The summed E-state index contributed by atoms with van der Waals surface area (Å²) in [5, 5.41) is 12.4. The molecule has 0 bridgehead atoms. The van der Waals surface area contributed by atoms with Crippen molar-refractivity contribution < 1.29 is 9.90 Å². The lowest BCUT2D eigenvalue weighted by atomic mass is 10.0. The van der Waals surface area contributed by atoms with Crippen molar-refractivity contribution >= 4 is 17.3 Å². The van der Waals surface area contributed by atoms with E-state index in [1.54, 1.807) is 12.1 Å². The van der Waals surface area contributed by atoms with Gasteiger partial charge in [-0.1, -0.05) is 13.8 Å². The van der Waals surface area contributed by atoms with Gasteiger partial charge in [-0.25, -0.2) is 4.79 Å². The van der Waals surface area contributed by atoms with Crippen molar-refractivity contribution in [3.63, 3.8) is 0 Å². The molecule has 0 aliphatic rings. The van der Waals surface area contributed by atoms with Gasteiger partial charge in [-0.15, -0.1) is 0 Å². The van der Waals surface area contributed by atoms with Gasteiger partial charge in [0.1, 0.15) is 0 Å². The van der Waals surface area contributed by atoms with E-state index in [4.69, 9.17) is 10.8 Å². The van der Waals surface area contributed by atoms with Gasteiger partial charge in [0.05, 0.1) is 5.56 Å². The number of nitrogen functional groups attached to an aromatic ring is 1. The second-order valence-electron chi connectivity index (χ2n) is 5.13. The number of hydrogen-bond acceptors (Lipinski definition) is 3. The van der Waals surface area contributed by atoms with Gasteiger partial charge in [0.15, 0.2) is 0 Å². The van der Waals surface area contributed by atoms with Crippen molar-refractivity contribution in [3.8, 4) is 0 Å². The van der Waals surface area contributed by atoms with E-state index in [1.165, 1.54) is 6.07 Å². The molecule has 0 fully saturated rings. The minimum Gasteiger partial charge on any atom is -0.478 e. The number of carboxylic acids is 1. The third-order valence-electron chi connectivity index (χ3n) is 2.85. The van der Waals surface area contributed by atoms with Crippen LogP contribution in [0.1, 0.15) is 44.0 Å². The molecule has 0 radical (unpaired) electrons. The van der Waals surface area contributed by atoms with Gasteiger partial charge in [0.25, 0.3) is 0 Å². The van der Waals surface area contributed by atoms with Crippen LogP contribution >= 0.6 is 0 Å². The Kier molecular flexibility index (Phi) is 5.01. The molecular weight excluding hydrogens is 228 g/mol. The molecule has 0 saturated heterocycles. The Bertz CT molecular complexity index is 416. The van der Waals surface area contributed by atoms with Gasteiger partial charge in [-0.3, -0.25) is 0 Å². The molecule has 4 nitrogen and oxygen atoms in total. The maximum absolute atomic E-state index is 11.1. The van der Waals surface area contributed by atoms with Gasteiger partial charge >= 0.3 is 5.97 Å². The normalized spacial score (nSPS) is 12.4. The summed E-state index contributed by atoms with van der Waals surface area (Å²) in [7, 11) is 0. The zero-order valence-electron chi connectivity index (χ0n) is 11.2. The Hall–Kier alpha value is -1.71. The molecule has 0 amide bonds. The lowest BCUT2D eigenvalue weighted by Crippen LogP contribution is -2.18. The van der Waals surface area contributed by atoms with Crippen molar-refractivity contribution in [1.29, 1.82) is 0 Å². The molecule has 1 rings (SSSR count). The average Bonchev–Trinajstić information content (AvgIpc) is 2.28. The molecule has 1 unspecified atom stereocenters. The quantitative estimate of drug-likeness (QED) is 0.678. The first-order chi connectivity index (χ1) is 8.40. The minimum absolute atomic E-state index is 0.228. The fourth-order valence-corrected chi connectivity index (χ4v) is 1.79. The predicted molar refractivity (Wildman–Crippen MR) is 75.0 cm³/mol. The summed E-state index contributed by atoms with van der Waals surface area (Å²) in [6.45, 7) is 6.42. The van der Waals surface area contributed by atoms with E-state index in [0.29, 0.717) is 17.3 Å². The molecule has 0 aliphatic carbocycles. The number of anilines is 2. The van der Waals surface area contributed by atoms with Crippen molar-refractivity contribution in [1.82, 2.24) is 0 Å². The predicted octanol–water partition coefficient (Wildman–Crippen LogP) is 3.20. The van der Waals surface area contributed by atoms with Crippen LogP contribution in [-0.4, -0.2) is 17.1 Å². The van der Waals surface area contributed by atoms with E-state index < -0.39 is 5.97 Å². The standard InChI is InChI=1S/C14H22N2O2/c1-9(2)4-5-10(3)16-13-7-6-11(15)8-12(13)14(17)18/h6-10,16H,4-5,15H2,1-3H3,(H,17,18). The van der Waals surface area contributed by atoms with Crippen LogP contribution in [0.25, 0.3) is 0 Å². The minimum atomic E-state index is -0.958. The van der Waals surface area contributed by atoms with E-state index in [9.17, 15) is 4.79 Å². The summed E-state index contributed by atoms with van der Waals surface area (Å²) >= 11 is 0. The molecule has 100 valence electrons. The molecule has 0 spiro atoms. The molecule has 4 heteroatoms. The van der Waals surface area contributed by atoms with Crippen LogP contribution in [0.2, 0.25) is 0 Å². The third kappa shape index (κ3) is 4.28. The van der Waals surface area contributed by atoms with Crippen LogP contribution < -0.4 is 11.1 Å². The van der Waals surface area contributed by atoms with Crippen molar-refractivity contribution in [2.45, 2.75) is 39.7 Å². The van der Waals surface area contributed by atoms with Crippen LogP contribution in [0.3, 0.4) is 0 Å². The van der Waals surface area contributed by atoms with E-state index in [0.717, 1.165) is 12.8 Å². The highest BCUT2D eigenvalue weighted by Crippen LogP contribution is 2.21. The van der Waals surface area contributed by atoms with Gasteiger partial charge in [-0.05, 0) is 43.9 Å². The lowest BCUT2D eigenvalue weighted by molar-refractivity contribution is 0.0698. The van der Waals surface area contributed by atoms with E-state index in [2.05, 4.69) is 26.1 Å². The summed E-state index contributed by atoms with van der Waals surface area (Å²) in [6, 6.07) is 5.17. The Morgan fingerprint density at radius 3 is 2.56 bits per heavy atom. The van der Waals surface area contributed by atoms with Gasteiger partial charge in [-0.2, -0.15) is 0 Å². The topological polar surface area (TPSA) is 75.3 Å². The monoisotopic (exact) mass is 250 g/mol. The van der Waals surface area contributed by atoms with E-state index in [1.807, 2.05) is 0 Å². The maximum atomic E-state index is 11.1. The highest BCUT2D eigenvalue weighted by Gasteiger charge is 2.12. The van der Waals surface area contributed by atoms with Crippen LogP contribution in [0.15, 0.2) is 18.2 Å². The Morgan fingerprint density at radius 2 is 2.00 bits per heavy atom. The summed E-state index contributed by atoms with van der Waals surface area (Å²) in [5.41, 5.74) is 6.93. The third-order valence-corrected chi connectivity index (χ3v) is 2.85. The molecule has 18 heavy (non-hydrogen) atoms. The fourth-order valence-electron chi connectivity index (χ4n) is 1.79. The zero-order chi connectivity index (χ0) is 13.7. The summed E-state index contributed by atoms with van der Waals surface area (Å²) in [4.78, 5) is 11.1. The second-order valence-corrected chi connectivity index (χ2v) is 5.13. The van der Waals surface area contributed by atoms with Crippen molar-refractivity contribution in [2.75, 3.05) is 11.1 Å². The first-order valence-electron chi connectivity index (χ1n) is 6.29. The largest absolute Gasteiger partial charge is 0.478 e. The molecule has 4 N–H and O–H groups in total. The first-order valence-corrected chi connectivity index (χ1v) is 6.29. The number of nitrogens with one attached hydrogen (secondary N) is 1. The maximum Gasteiger partial charge on any atom is 0.337 e. The molecule has 1 atom stereocenters. The zero-order valence-corrected chi connectivity index (χ0v) is 11.2. The van der Waals surface area contributed by atoms with Gasteiger partial charge in [0.2, 0.25) is 0 Å². The average molecular weight is 250 g/mol. The molecule has 0 heterocycles. The number of nitrogens with two attached hydrogens (primary N) is 1. The first kappa shape index (κ1) is 14.4. The Labute approximate surface area is 108 Å². The van der Waals surface area contributed by atoms with E-state index in [-0.39, 0.29) is 11.6 Å². The Morgan fingerprint density at radius 1 is 1.33 bits per heavy atom. The number of aromatic carboxylic acids is 1. The van der Waals surface area contributed by atoms with Crippen molar-refractivity contribution in [2.24, 2.45) is 5.92 Å². The van der Waals surface area contributed by atoms with Crippen LogP contribution in [-0.2, 0) is 0 Å². The summed E-state index contributed by atoms with van der Waals surface area (Å²) < 4.78 is 0. The highest BCUT2D eigenvalue weighted by molar-refractivity contribution is 5.95. The van der Waals surface area contributed by atoms with Crippen LogP contribution in [0.5, 0.6) is 0 Å². The number of carboxylic acid groups (broad SMARTS) is 1. The van der Waals surface area contributed by atoms with Gasteiger partial charge in [0, 0.05) is 17.4 Å². The summed E-state index contributed by atoms with van der Waals surface area (Å²) in [6.07, 6.45) is 2.13. The van der Waals surface area contributed by atoms with Crippen LogP contribution in [0, 0.1) is 5.92 Å². The molecule has 0 aliphatic heterocycles. The number of carbonyl (C=O) groups is 1.